The van der Waals surface area contributed by atoms with Crippen LogP contribution in [0.25, 0.3) is 0 Å². The maximum atomic E-state index is 12.6. The molecule has 0 unspecified atom stereocenters. The number of rotatable bonds is 3. The molecular weight excluding hydrogens is 246 g/mol. The number of aromatic nitrogens is 1. The molecule has 2 radical (unpaired) electrons. The van der Waals surface area contributed by atoms with Crippen LogP contribution in [-0.4, -0.2) is 31.0 Å². The van der Waals surface area contributed by atoms with Crippen LogP contribution >= 0.6 is 0 Å². The number of hydrogen-bond donors (Lipinski definition) is 1. The summed E-state index contributed by atoms with van der Waals surface area (Å²) in [6, 6.07) is 2.57. The quantitative estimate of drug-likeness (QED) is 0.370. The zero-order valence-corrected chi connectivity index (χ0v) is 8.98. The summed E-state index contributed by atoms with van der Waals surface area (Å²) in [5, 5.41) is 0. The van der Waals surface area contributed by atoms with E-state index >= 15 is 0 Å². The second kappa shape index (κ2) is 5.48. The number of carbonyl (C=O) groups is 1. The predicted molar refractivity (Wildman–Crippen MR) is 61.1 cm³/mol. The van der Waals surface area contributed by atoms with Gasteiger partial charge in [-0.15, -0.1) is 0 Å². The number of aliphatic imine (C=N–C) groups is 1. The minimum absolute atomic E-state index is 0.0949. The molecule has 0 saturated carbocycles. The van der Waals surface area contributed by atoms with E-state index in [2.05, 4.69) is 9.98 Å². The van der Waals surface area contributed by atoms with Crippen molar-refractivity contribution in [1.82, 2.24) is 4.98 Å². The molecule has 1 aromatic heterocycles. The van der Waals surface area contributed by atoms with Crippen molar-refractivity contribution in [3.05, 3.63) is 30.1 Å². The molecular formula is C10H7BF3N3O. The molecule has 0 fully saturated rings. The Morgan fingerprint density at radius 2 is 2.11 bits per heavy atom. The van der Waals surface area contributed by atoms with Crippen LogP contribution in [0.3, 0.4) is 0 Å². The number of pyridine rings is 1. The van der Waals surface area contributed by atoms with Crippen molar-refractivity contribution >= 4 is 31.1 Å². The van der Waals surface area contributed by atoms with Crippen LogP contribution in [0.2, 0.25) is 0 Å². The monoisotopic (exact) mass is 253 g/mol. The smallest absolute Gasteiger partial charge is 0.396 e. The van der Waals surface area contributed by atoms with Crippen molar-refractivity contribution in [3.8, 4) is 0 Å². The Balaban J connectivity index is 3.18. The van der Waals surface area contributed by atoms with Crippen LogP contribution < -0.4 is 11.2 Å². The van der Waals surface area contributed by atoms with Gasteiger partial charge in [0.2, 0.25) is 0 Å². The van der Waals surface area contributed by atoms with Gasteiger partial charge in [0.1, 0.15) is 13.6 Å². The Kier molecular flexibility index (Phi) is 4.25. The van der Waals surface area contributed by atoms with E-state index in [-0.39, 0.29) is 12.1 Å². The molecule has 4 nitrogen and oxygen atoms in total. The summed E-state index contributed by atoms with van der Waals surface area (Å²) in [5.41, 5.74) is 3.42. The van der Waals surface area contributed by atoms with Crippen LogP contribution in [0.4, 0.5) is 19.0 Å². The molecule has 0 atom stereocenters. The van der Waals surface area contributed by atoms with Gasteiger partial charge in [0.05, 0.1) is 5.70 Å². The molecule has 0 aliphatic rings. The van der Waals surface area contributed by atoms with Crippen molar-refractivity contribution in [2.24, 2.45) is 10.7 Å². The fourth-order valence-electron chi connectivity index (χ4n) is 0.956. The molecule has 1 rings (SSSR count). The average Bonchev–Trinajstić information content (AvgIpc) is 2.29. The summed E-state index contributed by atoms with van der Waals surface area (Å²) < 4.78 is 37.7. The summed E-state index contributed by atoms with van der Waals surface area (Å²) in [5.74, 6) is -0.188. The van der Waals surface area contributed by atoms with Crippen LogP contribution in [0, 0.1) is 0 Å². The van der Waals surface area contributed by atoms with E-state index in [9.17, 15) is 18.0 Å². The van der Waals surface area contributed by atoms with Gasteiger partial charge in [-0.2, -0.15) is 13.2 Å². The van der Waals surface area contributed by atoms with E-state index in [0.29, 0.717) is 11.5 Å². The lowest BCUT2D eigenvalue weighted by Crippen LogP contribution is -2.22. The maximum absolute atomic E-state index is 12.6. The lowest BCUT2D eigenvalue weighted by molar-refractivity contribution is -0.104. The zero-order valence-electron chi connectivity index (χ0n) is 8.98. The summed E-state index contributed by atoms with van der Waals surface area (Å²) in [7, 11) is 5.33. The highest BCUT2D eigenvalue weighted by atomic mass is 19.4. The number of nitrogens with zero attached hydrogens (tertiary/aromatic N) is 2. The Hall–Kier alpha value is -2.12. The first-order chi connectivity index (χ1) is 8.32. The Morgan fingerprint density at radius 3 is 2.56 bits per heavy atom. The molecule has 0 aromatic carbocycles. The molecule has 18 heavy (non-hydrogen) atoms. The topological polar surface area (TPSA) is 68.3 Å². The van der Waals surface area contributed by atoms with Crippen molar-refractivity contribution < 1.29 is 18.0 Å². The maximum Gasteiger partial charge on any atom is 0.433 e. The minimum atomic E-state index is -4.74. The number of allylic oxidation sites excluding steroid dienone is 2. The summed E-state index contributed by atoms with van der Waals surface area (Å²) in [4.78, 5) is 17.1. The van der Waals surface area contributed by atoms with Crippen molar-refractivity contribution in [1.29, 1.82) is 0 Å². The van der Waals surface area contributed by atoms with Gasteiger partial charge < -0.3 is 5.73 Å². The van der Waals surface area contributed by atoms with Crippen LogP contribution in [-0.2, 0) is 4.79 Å². The van der Waals surface area contributed by atoms with E-state index in [1.54, 1.807) is 0 Å². The highest BCUT2D eigenvalue weighted by Gasteiger charge is 2.34. The van der Waals surface area contributed by atoms with E-state index in [0.717, 1.165) is 0 Å². The van der Waals surface area contributed by atoms with Gasteiger partial charge >= 0.3 is 6.18 Å². The Morgan fingerprint density at radius 1 is 1.44 bits per heavy atom. The van der Waals surface area contributed by atoms with Crippen molar-refractivity contribution in [2.75, 3.05) is 0 Å². The Bertz CT molecular complexity index is 494. The fraction of sp³-hybridized carbons (Fsp3) is 0.100. The molecule has 2 N–H and O–H groups in total. The molecule has 8 heteroatoms. The SMILES string of the molecule is [B]c1ccc(N=C(/C=C(\N)C=O)C(F)(F)F)nc1. The molecule has 92 valence electrons. The van der Waals surface area contributed by atoms with Gasteiger partial charge in [0.15, 0.2) is 12.1 Å². The largest absolute Gasteiger partial charge is 0.433 e. The van der Waals surface area contributed by atoms with E-state index in [4.69, 9.17) is 13.6 Å². The number of alkyl halides is 3. The average molecular weight is 253 g/mol. The second-order valence-corrected chi connectivity index (χ2v) is 3.21. The molecule has 0 amide bonds. The minimum Gasteiger partial charge on any atom is -0.396 e. The van der Waals surface area contributed by atoms with Crippen LogP contribution in [0.5, 0.6) is 0 Å². The standard InChI is InChI=1S/C10H7BF3N3O/c11-6-1-2-9(16-4-6)17-8(10(12,13)14)3-7(15)5-18/h1-5H,15H2/b7-3-,17-8?. The first kappa shape index (κ1) is 13.9. The number of aldehydes is 1. The third-order valence-corrected chi connectivity index (χ3v) is 1.74. The third kappa shape index (κ3) is 4.04. The molecule has 0 aliphatic carbocycles. The second-order valence-electron chi connectivity index (χ2n) is 3.21. The lowest BCUT2D eigenvalue weighted by atomic mass is 9.99. The van der Waals surface area contributed by atoms with Crippen LogP contribution in [0.1, 0.15) is 0 Å². The molecule has 0 saturated heterocycles. The van der Waals surface area contributed by atoms with Gasteiger partial charge in [0.25, 0.3) is 0 Å². The third-order valence-electron chi connectivity index (χ3n) is 1.74. The van der Waals surface area contributed by atoms with Gasteiger partial charge in [0, 0.05) is 6.20 Å². The lowest BCUT2D eigenvalue weighted by Gasteiger charge is -2.06. The highest BCUT2D eigenvalue weighted by molar-refractivity contribution is 6.32. The number of nitrogens with two attached hydrogens (primary N) is 1. The molecule has 0 spiro atoms. The predicted octanol–water partition coefficient (Wildman–Crippen LogP) is 0.552. The fourth-order valence-corrected chi connectivity index (χ4v) is 0.956. The van der Waals surface area contributed by atoms with Gasteiger partial charge in [-0.05, 0) is 12.1 Å². The van der Waals surface area contributed by atoms with Crippen LogP contribution in [0.15, 0.2) is 35.1 Å². The number of carbonyl (C=O) groups excluding carboxylic acids is 1. The number of halogens is 3. The van der Waals surface area contributed by atoms with E-state index in [1.807, 2.05) is 0 Å². The molecule has 1 heterocycles. The normalized spacial score (nSPS) is 13.5. The molecule has 0 bridgehead atoms. The zero-order chi connectivity index (χ0) is 13.8. The number of hydrogen-bond acceptors (Lipinski definition) is 4. The van der Waals surface area contributed by atoms with Gasteiger partial charge in [-0.25, -0.2) is 9.98 Å². The van der Waals surface area contributed by atoms with Gasteiger partial charge in [-0.3, -0.25) is 4.79 Å². The summed E-state index contributed by atoms with van der Waals surface area (Å²) in [6.45, 7) is 0. The van der Waals surface area contributed by atoms with Crippen molar-refractivity contribution in [2.45, 2.75) is 6.18 Å². The summed E-state index contributed by atoms with van der Waals surface area (Å²) >= 11 is 0. The first-order valence-corrected chi connectivity index (χ1v) is 4.62. The summed E-state index contributed by atoms with van der Waals surface area (Å²) in [6.07, 6.45) is -3.04. The highest BCUT2D eigenvalue weighted by Crippen LogP contribution is 2.21. The van der Waals surface area contributed by atoms with Gasteiger partial charge in [-0.1, -0.05) is 11.5 Å². The van der Waals surface area contributed by atoms with Crippen molar-refractivity contribution in [3.63, 3.8) is 0 Å². The Labute approximate surface area is 102 Å². The molecule has 0 aliphatic heterocycles. The van der Waals surface area contributed by atoms with E-state index < -0.39 is 17.6 Å². The van der Waals surface area contributed by atoms with E-state index in [1.165, 1.54) is 18.3 Å². The molecule has 1 aromatic rings. The first-order valence-electron chi connectivity index (χ1n) is 4.62.